The number of nitrogens with two attached hydrogens (primary N) is 1. The van der Waals surface area contributed by atoms with Gasteiger partial charge in [-0.1, -0.05) is 38.1 Å². The number of rotatable bonds is 4. The Morgan fingerprint density at radius 2 is 1.88 bits per heavy atom. The van der Waals surface area contributed by atoms with E-state index < -0.39 is 6.10 Å². The Morgan fingerprint density at radius 1 is 1.25 bits per heavy atom. The molecule has 0 aliphatic heterocycles. The molecule has 1 saturated carbocycles. The SMILES string of the molecule is CC(C)C(N)C(O)c1ccccc1C1CC1. The van der Waals surface area contributed by atoms with Gasteiger partial charge in [0.1, 0.15) is 0 Å². The van der Waals surface area contributed by atoms with E-state index in [0.717, 1.165) is 5.56 Å². The van der Waals surface area contributed by atoms with Crippen molar-refractivity contribution in [3.05, 3.63) is 35.4 Å². The fourth-order valence-corrected chi connectivity index (χ4v) is 2.12. The van der Waals surface area contributed by atoms with Gasteiger partial charge in [-0.3, -0.25) is 0 Å². The molecule has 3 N–H and O–H groups in total. The number of benzene rings is 1. The Bertz CT molecular complexity index is 358. The molecule has 0 spiro atoms. The first kappa shape index (κ1) is 11.6. The van der Waals surface area contributed by atoms with Crippen LogP contribution in [0, 0.1) is 5.92 Å². The minimum atomic E-state index is -0.531. The number of aliphatic hydroxyl groups is 1. The zero-order valence-electron chi connectivity index (χ0n) is 10.1. The highest BCUT2D eigenvalue weighted by atomic mass is 16.3. The molecule has 0 aromatic heterocycles. The van der Waals surface area contributed by atoms with E-state index in [0.29, 0.717) is 11.8 Å². The zero-order valence-corrected chi connectivity index (χ0v) is 10.1. The smallest absolute Gasteiger partial charge is 0.0946 e. The summed E-state index contributed by atoms with van der Waals surface area (Å²) in [4.78, 5) is 0. The van der Waals surface area contributed by atoms with Crippen molar-refractivity contribution < 1.29 is 5.11 Å². The maximum Gasteiger partial charge on any atom is 0.0946 e. The average Bonchev–Trinajstić information content (AvgIpc) is 3.11. The third-order valence-electron chi connectivity index (χ3n) is 3.47. The highest BCUT2D eigenvalue weighted by Gasteiger charge is 2.29. The molecule has 88 valence electrons. The van der Waals surface area contributed by atoms with Gasteiger partial charge in [-0.05, 0) is 35.8 Å². The van der Waals surface area contributed by atoms with E-state index in [-0.39, 0.29) is 6.04 Å². The van der Waals surface area contributed by atoms with Crippen molar-refractivity contribution in [3.63, 3.8) is 0 Å². The molecule has 0 amide bonds. The van der Waals surface area contributed by atoms with Crippen LogP contribution in [0.2, 0.25) is 0 Å². The molecule has 2 atom stereocenters. The molecule has 1 aliphatic rings. The number of hydrogen-bond donors (Lipinski definition) is 2. The minimum Gasteiger partial charge on any atom is -0.387 e. The average molecular weight is 219 g/mol. The van der Waals surface area contributed by atoms with Crippen molar-refractivity contribution in [3.8, 4) is 0 Å². The van der Waals surface area contributed by atoms with E-state index in [1.165, 1.54) is 18.4 Å². The van der Waals surface area contributed by atoms with Crippen molar-refractivity contribution in [1.29, 1.82) is 0 Å². The number of hydrogen-bond acceptors (Lipinski definition) is 2. The summed E-state index contributed by atoms with van der Waals surface area (Å²) < 4.78 is 0. The van der Waals surface area contributed by atoms with E-state index in [4.69, 9.17) is 5.73 Å². The van der Waals surface area contributed by atoms with Gasteiger partial charge in [0.05, 0.1) is 6.10 Å². The molecule has 1 fully saturated rings. The Hall–Kier alpha value is -0.860. The molecule has 1 aliphatic carbocycles. The van der Waals surface area contributed by atoms with E-state index in [2.05, 4.69) is 6.07 Å². The first-order valence-electron chi connectivity index (χ1n) is 6.13. The van der Waals surface area contributed by atoms with Crippen LogP contribution in [0.5, 0.6) is 0 Å². The van der Waals surface area contributed by atoms with E-state index >= 15 is 0 Å². The third kappa shape index (κ3) is 2.28. The summed E-state index contributed by atoms with van der Waals surface area (Å²) >= 11 is 0. The monoisotopic (exact) mass is 219 g/mol. The van der Waals surface area contributed by atoms with Crippen LogP contribution in [0.25, 0.3) is 0 Å². The van der Waals surface area contributed by atoms with Gasteiger partial charge in [-0.15, -0.1) is 0 Å². The fourth-order valence-electron chi connectivity index (χ4n) is 2.12. The van der Waals surface area contributed by atoms with Gasteiger partial charge in [0.2, 0.25) is 0 Å². The lowest BCUT2D eigenvalue weighted by molar-refractivity contribution is 0.125. The van der Waals surface area contributed by atoms with Crippen molar-refractivity contribution in [2.24, 2.45) is 11.7 Å². The molecule has 2 rings (SSSR count). The van der Waals surface area contributed by atoms with Gasteiger partial charge >= 0.3 is 0 Å². The Balaban J connectivity index is 2.25. The Kier molecular flexibility index (Phi) is 3.31. The molecule has 0 bridgehead atoms. The van der Waals surface area contributed by atoms with Crippen LogP contribution in [-0.2, 0) is 0 Å². The Labute approximate surface area is 97.5 Å². The highest BCUT2D eigenvalue weighted by Crippen LogP contribution is 2.43. The van der Waals surface area contributed by atoms with Crippen molar-refractivity contribution in [1.82, 2.24) is 0 Å². The first-order chi connectivity index (χ1) is 7.61. The van der Waals surface area contributed by atoms with Crippen LogP contribution in [0.1, 0.15) is 49.8 Å². The van der Waals surface area contributed by atoms with Gasteiger partial charge < -0.3 is 10.8 Å². The van der Waals surface area contributed by atoms with Crippen molar-refractivity contribution in [2.75, 3.05) is 0 Å². The third-order valence-corrected chi connectivity index (χ3v) is 3.47. The van der Waals surface area contributed by atoms with Gasteiger partial charge in [0, 0.05) is 6.04 Å². The Morgan fingerprint density at radius 3 is 2.44 bits per heavy atom. The molecule has 0 saturated heterocycles. The van der Waals surface area contributed by atoms with Crippen molar-refractivity contribution in [2.45, 2.75) is 44.8 Å². The predicted molar refractivity (Wildman–Crippen MR) is 66.2 cm³/mol. The topological polar surface area (TPSA) is 46.2 Å². The molecule has 0 radical (unpaired) electrons. The van der Waals surface area contributed by atoms with Gasteiger partial charge in [-0.25, -0.2) is 0 Å². The molecule has 1 aromatic carbocycles. The minimum absolute atomic E-state index is 0.181. The lowest BCUT2D eigenvalue weighted by Crippen LogP contribution is -2.33. The number of aliphatic hydroxyl groups excluding tert-OH is 1. The van der Waals surface area contributed by atoms with Crippen LogP contribution in [-0.4, -0.2) is 11.1 Å². The van der Waals surface area contributed by atoms with Crippen LogP contribution in [0.3, 0.4) is 0 Å². The van der Waals surface area contributed by atoms with Gasteiger partial charge in [0.25, 0.3) is 0 Å². The van der Waals surface area contributed by atoms with Crippen molar-refractivity contribution >= 4 is 0 Å². The van der Waals surface area contributed by atoms with Crippen LogP contribution in [0.4, 0.5) is 0 Å². The molecule has 2 nitrogen and oxygen atoms in total. The maximum atomic E-state index is 10.3. The summed E-state index contributed by atoms with van der Waals surface area (Å²) in [7, 11) is 0. The molecule has 16 heavy (non-hydrogen) atoms. The summed E-state index contributed by atoms with van der Waals surface area (Å²) in [6, 6.07) is 7.99. The molecule has 1 aromatic rings. The van der Waals surface area contributed by atoms with E-state index in [9.17, 15) is 5.11 Å². The summed E-state index contributed by atoms with van der Waals surface area (Å²) in [5.74, 6) is 0.951. The van der Waals surface area contributed by atoms with Crippen LogP contribution in [0.15, 0.2) is 24.3 Å². The van der Waals surface area contributed by atoms with Crippen LogP contribution >= 0.6 is 0 Å². The van der Waals surface area contributed by atoms with Crippen LogP contribution < -0.4 is 5.73 Å². The second-order valence-corrected chi connectivity index (χ2v) is 5.17. The second kappa shape index (κ2) is 4.56. The standard InChI is InChI=1S/C14H21NO/c1-9(2)13(15)14(16)12-6-4-3-5-11(12)10-7-8-10/h3-6,9-10,13-14,16H,7-8,15H2,1-2H3. The largest absolute Gasteiger partial charge is 0.387 e. The first-order valence-corrected chi connectivity index (χ1v) is 6.13. The molecule has 2 heteroatoms. The summed E-state index contributed by atoms with van der Waals surface area (Å²) in [6.45, 7) is 4.10. The normalized spacial score (nSPS) is 19.8. The van der Waals surface area contributed by atoms with E-state index in [1.807, 2.05) is 32.0 Å². The molecular weight excluding hydrogens is 198 g/mol. The van der Waals surface area contributed by atoms with Gasteiger partial charge in [-0.2, -0.15) is 0 Å². The fraction of sp³-hybridized carbons (Fsp3) is 0.571. The summed E-state index contributed by atoms with van der Waals surface area (Å²) in [5, 5.41) is 10.3. The van der Waals surface area contributed by atoms with Gasteiger partial charge in [0.15, 0.2) is 0 Å². The summed E-state index contributed by atoms with van der Waals surface area (Å²) in [6.07, 6.45) is 1.97. The maximum absolute atomic E-state index is 10.3. The van der Waals surface area contributed by atoms with E-state index in [1.54, 1.807) is 0 Å². The molecule has 2 unspecified atom stereocenters. The zero-order chi connectivity index (χ0) is 11.7. The predicted octanol–water partition coefficient (Wildman–Crippen LogP) is 2.58. The molecule has 0 heterocycles. The lowest BCUT2D eigenvalue weighted by atomic mass is 9.90. The second-order valence-electron chi connectivity index (χ2n) is 5.17. The summed E-state index contributed by atoms with van der Waals surface area (Å²) in [5.41, 5.74) is 8.36. The lowest BCUT2D eigenvalue weighted by Gasteiger charge is -2.24. The highest BCUT2D eigenvalue weighted by molar-refractivity contribution is 5.35. The quantitative estimate of drug-likeness (QED) is 0.817. The molecular formula is C14H21NO.